The van der Waals surface area contributed by atoms with Crippen LogP contribution in [0.5, 0.6) is 0 Å². The van der Waals surface area contributed by atoms with Crippen molar-refractivity contribution in [3.05, 3.63) is 42.0 Å². The zero-order valence-corrected chi connectivity index (χ0v) is 10.3. The average Bonchev–Trinajstić information content (AvgIpc) is 2.26. The van der Waals surface area contributed by atoms with Gasteiger partial charge in [-0.05, 0) is 18.6 Å². The molecule has 1 aliphatic rings. The van der Waals surface area contributed by atoms with E-state index in [9.17, 15) is 0 Å². The fourth-order valence-corrected chi connectivity index (χ4v) is 3.18. The lowest BCUT2D eigenvalue weighted by Crippen LogP contribution is -1.96. The van der Waals surface area contributed by atoms with Crippen LogP contribution in [0, 0.1) is 0 Å². The highest BCUT2D eigenvalue weighted by Gasteiger charge is 2.11. The van der Waals surface area contributed by atoms with Gasteiger partial charge >= 0.3 is 0 Å². The number of nitrogens with zero attached hydrogens (tertiary/aromatic N) is 1. The molecule has 1 heterocycles. The van der Waals surface area contributed by atoms with E-state index in [4.69, 9.17) is 0 Å². The van der Waals surface area contributed by atoms with Gasteiger partial charge in [0.25, 0.3) is 0 Å². The summed E-state index contributed by atoms with van der Waals surface area (Å²) in [7, 11) is 0. The van der Waals surface area contributed by atoms with E-state index in [0.29, 0.717) is 0 Å². The summed E-state index contributed by atoms with van der Waals surface area (Å²) in [4.78, 5) is 4.62. The topological polar surface area (TPSA) is 12.4 Å². The van der Waals surface area contributed by atoms with Gasteiger partial charge in [0.15, 0.2) is 0 Å². The van der Waals surface area contributed by atoms with Crippen LogP contribution in [-0.2, 0) is 5.75 Å². The summed E-state index contributed by atoms with van der Waals surface area (Å²) >= 11 is 3.60. The first-order valence-electron chi connectivity index (χ1n) is 4.82. The minimum absolute atomic E-state index is 0.966. The second-order valence-electron chi connectivity index (χ2n) is 3.54. The Bertz CT molecular complexity index is 410. The Labute approximate surface area is 99.1 Å². The van der Waals surface area contributed by atoms with Crippen LogP contribution >= 0.6 is 23.5 Å². The third kappa shape index (κ3) is 2.89. The Hall–Kier alpha value is -0.670. The number of hydrogen-bond donors (Lipinski definition) is 0. The van der Waals surface area contributed by atoms with Gasteiger partial charge in [0.2, 0.25) is 0 Å². The van der Waals surface area contributed by atoms with Crippen LogP contribution in [0.1, 0.15) is 12.5 Å². The van der Waals surface area contributed by atoms with E-state index in [-0.39, 0.29) is 0 Å². The maximum absolute atomic E-state index is 4.62. The average molecular weight is 235 g/mol. The number of hydrogen-bond acceptors (Lipinski definition) is 3. The molecule has 2 rings (SSSR count). The van der Waals surface area contributed by atoms with E-state index in [1.54, 1.807) is 11.8 Å². The maximum atomic E-state index is 4.62. The number of thioether (sulfide) groups is 2. The molecule has 0 spiro atoms. The standard InChI is InChI=1S/C12H13NS2/c1-9(2)7-14-12-13-11-6-4-3-5-10(11)8-15-12/h3-6H,1,7-8H2,2H3. The van der Waals surface area contributed by atoms with Crippen molar-refractivity contribution < 1.29 is 0 Å². The van der Waals surface area contributed by atoms with Crippen molar-refractivity contribution in [2.24, 2.45) is 4.99 Å². The quantitative estimate of drug-likeness (QED) is 0.711. The minimum Gasteiger partial charge on any atom is -0.235 e. The molecule has 0 N–H and O–H groups in total. The highest BCUT2D eigenvalue weighted by molar-refractivity contribution is 8.38. The molecule has 78 valence electrons. The molecule has 0 unspecified atom stereocenters. The van der Waals surface area contributed by atoms with E-state index >= 15 is 0 Å². The van der Waals surface area contributed by atoms with E-state index in [1.165, 1.54) is 11.1 Å². The largest absolute Gasteiger partial charge is 0.235 e. The second-order valence-corrected chi connectivity index (χ2v) is 5.73. The molecule has 15 heavy (non-hydrogen) atoms. The number of aliphatic imine (C=N–C) groups is 1. The summed E-state index contributed by atoms with van der Waals surface area (Å²) in [5.41, 5.74) is 3.66. The van der Waals surface area contributed by atoms with Crippen LogP contribution in [0.3, 0.4) is 0 Å². The monoisotopic (exact) mass is 235 g/mol. The van der Waals surface area contributed by atoms with Crippen LogP contribution in [-0.4, -0.2) is 10.1 Å². The molecule has 0 saturated heterocycles. The summed E-state index contributed by atoms with van der Waals surface area (Å²) in [5, 5.41) is 0. The lowest BCUT2D eigenvalue weighted by molar-refractivity contribution is 1.36. The summed E-state index contributed by atoms with van der Waals surface area (Å²) in [6.07, 6.45) is 0. The molecule has 0 bridgehead atoms. The van der Waals surface area contributed by atoms with Gasteiger partial charge in [-0.3, -0.25) is 0 Å². The predicted molar refractivity (Wildman–Crippen MR) is 72.1 cm³/mol. The lowest BCUT2D eigenvalue weighted by atomic mass is 10.2. The van der Waals surface area contributed by atoms with E-state index in [2.05, 4.69) is 36.7 Å². The van der Waals surface area contributed by atoms with E-state index in [1.807, 2.05) is 17.8 Å². The van der Waals surface area contributed by atoms with Crippen LogP contribution in [0.2, 0.25) is 0 Å². The van der Waals surface area contributed by atoms with Gasteiger partial charge in [-0.15, -0.1) is 0 Å². The number of benzene rings is 1. The third-order valence-corrected chi connectivity index (χ3v) is 4.47. The molecule has 0 saturated carbocycles. The molecular formula is C12H13NS2. The molecule has 1 aromatic rings. The zero-order valence-electron chi connectivity index (χ0n) is 8.69. The molecule has 0 amide bonds. The van der Waals surface area contributed by atoms with Gasteiger partial charge in [-0.2, -0.15) is 0 Å². The minimum atomic E-state index is 0.966. The third-order valence-electron chi connectivity index (χ3n) is 2.00. The first kappa shape index (κ1) is 10.8. The van der Waals surface area contributed by atoms with Crippen LogP contribution in [0.15, 0.2) is 41.4 Å². The Morgan fingerprint density at radius 1 is 1.53 bits per heavy atom. The van der Waals surface area contributed by atoms with E-state index in [0.717, 1.165) is 21.6 Å². The van der Waals surface area contributed by atoms with Gasteiger partial charge in [-0.25, -0.2) is 4.99 Å². The molecule has 0 aliphatic carbocycles. The Morgan fingerprint density at radius 3 is 3.13 bits per heavy atom. The smallest absolute Gasteiger partial charge is 0.131 e. The Balaban J connectivity index is 2.11. The number of rotatable bonds is 2. The predicted octanol–water partition coefficient (Wildman–Crippen LogP) is 4.23. The van der Waals surface area contributed by atoms with Gasteiger partial charge in [0.1, 0.15) is 4.38 Å². The molecule has 1 aliphatic heterocycles. The highest BCUT2D eigenvalue weighted by Crippen LogP contribution is 2.34. The zero-order chi connectivity index (χ0) is 10.7. The van der Waals surface area contributed by atoms with Crippen molar-refractivity contribution in [1.29, 1.82) is 0 Å². The van der Waals surface area contributed by atoms with Crippen LogP contribution in [0.4, 0.5) is 5.69 Å². The van der Waals surface area contributed by atoms with Crippen molar-refractivity contribution in [3.63, 3.8) is 0 Å². The number of para-hydroxylation sites is 1. The van der Waals surface area contributed by atoms with Crippen molar-refractivity contribution in [2.75, 3.05) is 5.75 Å². The number of fused-ring (bicyclic) bond motifs is 1. The SMILES string of the molecule is C=C(C)CSC1=Nc2ccccc2CS1. The summed E-state index contributed by atoms with van der Waals surface area (Å²) < 4.78 is 1.16. The van der Waals surface area contributed by atoms with E-state index < -0.39 is 0 Å². The lowest BCUT2D eigenvalue weighted by Gasteiger charge is -2.13. The molecular weight excluding hydrogens is 222 g/mol. The molecule has 1 nitrogen and oxygen atoms in total. The Morgan fingerprint density at radius 2 is 2.33 bits per heavy atom. The first-order chi connectivity index (χ1) is 7.25. The van der Waals surface area contributed by atoms with Crippen molar-refractivity contribution >= 4 is 33.6 Å². The van der Waals surface area contributed by atoms with Gasteiger partial charge in [-0.1, -0.05) is 53.9 Å². The van der Waals surface area contributed by atoms with Crippen molar-refractivity contribution in [2.45, 2.75) is 12.7 Å². The normalized spacial score (nSPS) is 14.3. The summed E-state index contributed by atoms with van der Waals surface area (Å²) in [6, 6.07) is 8.34. The fraction of sp³-hybridized carbons (Fsp3) is 0.250. The van der Waals surface area contributed by atoms with Crippen LogP contribution in [0.25, 0.3) is 0 Å². The van der Waals surface area contributed by atoms with Gasteiger partial charge in [0.05, 0.1) is 5.69 Å². The summed E-state index contributed by atoms with van der Waals surface area (Å²) in [5.74, 6) is 2.01. The maximum Gasteiger partial charge on any atom is 0.131 e. The van der Waals surface area contributed by atoms with Gasteiger partial charge in [0, 0.05) is 11.5 Å². The van der Waals surface area contributed by atoms with Crippen molar-refractivity contribution in [3.8, 4) is 0 Å². The van der Waals surface area contributed by atoms with Crippen molar-refractivity contribution in [1.82, 2.24) is 0 Å². The first-order valence-corrected chi connectivity index (χ1v) is 6.79. The molecule has 1 aromatic carbocycles. The molecule has 0 radical (unpaired) electrons. The molecule has 0 aromatic heterocycles. The summed E-state index contributed by atoms with van der Waals surface area (Å²) in [6.45, 7) is 5.95. The van der Waals surface area contributed by atoms with Gasteiger partial charge < -0.3 is 0 Å². The molecule has 0 fully saturated rings. The second kappa shape index (κ2) is 4.90. The molecule has 3 heteroatoms. The highest BCUT2D eigenvalue weighted by atomic mass is 32.2. The van der Waals surface area contributed by atoms with Crippen LogP contribution < -0.4 is 0 Å². The fourth-order valence-electron chi connectivity index (χ4n) is 1.27. The molecule has 0 atom stereocenters. The Kier molecular flexibility index (Phi) is 3.54.